The van der Waals surface area contributed by atoms with Crippen LogP contribution in [0, 0.1) is 19.8 Å². The first-order chi connectivity index (χ1) is 14.6. The van der Waals surface area contributed by atoms with E-state index in [0.29, 0.717) is 11.2 Å². The Labute approximate surface area is 179 Å². The normalized spacial score (nSPS) is 13.3. The fourth-order valence-corrected chi connectivity index (χ4v) is 4.88. The first-order valence-corrected chi connectivity index (χ1v) is 11.3. The summed E-state index contributed by atoms with van der Waals surface area (Å²) in [4.78, 5) is 15.7. The summed E-state index contributed by atoms with van der Waals surface area (Å²) in [5.74, 6) is -1.63. The number of nitrogens with zero attached hydrogens (tertiary/aromatic N) is 2. The highest BCUT2D eigenvalue weighted by Gasteiger charge is 2.28. The minimum Gasteiger partial charge on any atom is -0.480 e. The molecule has 0 radical (unpaired) electrons. The Hall–Kier alpha value is -3.17. The maximum absolute atomic E-state index is 12.8. The van der Waals surface area contributed by atoms with Crippen molar-refractivity contribution in [3.63, 3.8) is 0 Å². The van der Waals surface area contributed by atoms with Crippen LogP contribution in [0.4, 0.5) is 0 Å². The fourth-order valence-electron chi connectivity index (χ4n) is 3.53. The maximum atomic E-state index is 12.8. The number of carboxylic acid groups (broad SMARTS) is 1. The van der Waals surface area contributed by atoms with Crippen LogP contribution in [0.5, 0.6) is 0 Å². The van der Waals surface area contributed by atoms with Gasteiger partial charge >= 0.3 is 5.97 Å². The van der Waals surface area contributed by atoms with Crippen LogP contribution in [-0.4, -0.2) is 35.1 Å². The van der Waals surface area contributed by atoms with Crippen molar-refractivity contribution in [2.75, 3.05) is 0 Å². The van der Waals surface area contributed by atoms with E-state index in [0.717, 1.165) is 27.8 Å². The summed E-state index contributed by atoms with van der Waals surface area (Å²) in [5, 5.41) is 10.9. The van der Waals surface area contributed by atoms with Crippen molar-refractivity contribution in [3.8, 4) is 5.69 Å². The van der Waals surface area contributed by atoms with E-state index in [-0.39, 0.29) is 4.90 Å². The Bertz CT molecular complexity index is 1420. The van der Waals surface area contributed by atoms with Crippen LogP contribution in [0.25, 0.3) is 27.6 Å². The van der Waals surface area contributed by atoms with Crippen LogP contribution in [-0.2, 0) is 14.8 Å². The SMILES string of the molecule is Cc1ncn(-c2ccc3oc4cc(S(=O)(=O)N[C@H](C(=O)O)C(C)C)ccc4c3c2)c1C. The lowest BCUT2D eigenvalue weighted by atomic mass is 10.1. The number of hydrogen-bond acceptors (Lipinski definition) is 5. The van der Waals surface area contributed by atoms with Gasteiger partial charge in [-0.3, -0.25) is 4.79 Å². The number of sulfonamides is 1. The number of fused-ring (bicyclic) bond motifs is 3. The Morgan fingerprint density at radius 2 is 1.84 bits per heavy atom. The molecule has 0 aliphatic carbocycles. The topological polar surface area (TPSA) is 114 Å². The summed E-state index contributed by atoms with van der Waals surface area (Å²) < 4.78 is 35.7. The Morgan fingerprint density at radius 3 is 2.45 bits per heavy atom. The number of carboxylic acids is 1. The second kappa shape index (κ2) is 7.51. The van der Waals surface area contributed by atoms with E-state index >= 15 is 0 Å². The highest BCUT2D eigenvalue weighted by Crippen LogP contribution is 2.32. The van der Waals surface area contributed by atoms with Gasteiger partial charge in [0, 0.05) is 28.2 Å². The van der Waals surface area contributed by atoms with Gasteiger partial charge in [0.2, 0.25) is 10.0 Å². The molecule has 1 atom stereocenters. The van der Waals surface area contributed by atoms with E-state index in [9.17, 15) is 18.3 Å². The van der Waals surface area contributed by atoms with Gasteiger partial charge in [-0.1, -0.05) is 13.8 Å². The van der Waals surface area contributed by atoms with Gasteiger partial charge in [0.05, 0.1) is 16.9 Å². The molecule has 4 rings (SSSR count). The number of rotatable bonds is 6. The molecule has 0 unspecified atom stereocenters. The zero-order chi connectivity index (χ0) is 22.5. The summed E-state index contributed by atoms with van der Waals surface area (Å²) in [6.45, 7) is 7.23. The molecule has 2 aromatic carbocycles. The summed E-state index contributed by atoms with van der Waals surface area (Å²) in [5.41, 5.74) is 3.93. The molecule has 0 aliphatic rings. The summed E-state index contributed by atoms with van der Waals surface area (Å²) in [6.07, 6.45) is 1.76. The molecule has 9 heteroatoms. The van der Waals surface area contributed by atoms with Crippen molar-refractivity contribution < 1.29 is 22.7 Å². The number of carbonyl (C=O) groups is 1. The molecule has 0 spiro atoms. The molecule has 0 aliphatic heterocycles. The van der Waals surface area contributed by atoms with Crippen LogP contribution in [0.3, 0.4) is 0 Å². The lowest BCUT2D eigenvalue weighted by Gasteiger charge is -2.17. The minimum absolute atomic E-state index is 0.0488. The third kappa shape index (κ3) is 3.70. The van der Waals surface area contributed by atoms with Gasteiger partial charge in [0.1, 0.15) is 17.2 Å². The average Bonchev–Trinajstić information content (AvgIpc) is 3.24. The van der Waals surface area contributed by atoms with Crippen molar-refractivity contribution in [3.05, 3.63) is 54.1 Å². The molecule has 2 N–H and O–H groups in total. The standard InChI is InChI=1S/C22H23N3O5S/c1-12(2)21(22(26)27)24-31(28,29)16-6-7-17-18-9-15(25-11-23-13(3)14(25)4)5-8-19(18)30-20(17)10-16/h5-12,21,24H,1-4H3,(H,26,27)/t21-/m0/s1. The molecule has 162 valence electrons. The number of furan rings is 1. The van der Waals surface area contributed by atoms with Gasteiger partial charge in [-0.2, -0.15) is 4.72 Å². The number of aryl methyl sites for hydroxylation is 1. The van der Waals surface area contributed by atoms with E-state index in [1.54, 1.807) is 26.2 Å². The van der Waals surface area contributed by atoms with Crippen molar-refractivity contribution >= 4 is 37.9 Å². The third-order valence-electron chi connectivity index (χ3n) is 5.48. The predicted octanol–water partition coefficient (Wildman–Crippen LogP) is 3.78. The molecule has 31 heavy (non-hydrogen) atoms. The quantitative estimate of drug-likeness (QED) is 0.471. The Morgan fingerprint density at radius 1 is 1.10 bits per heavy atom. The second-order valence-electron chi connectivity index (χ2n) is 7.91. The maximum Gasteiger partial charge on any atom is 0.322 e. The van der Waals surface area contributed by atoms with Crippen LogP contribution in [0.15, 0.2) is 52.0 Å². The van der Waals surface area contributed by atoms with Gasteiger partial charge in [-0.25, -0.2) is 13.4 Å². The lowest BCUT2D eigenvalue weighted by Crippen LogP contribution is -2.44. The van der Waals surface area contributed by atoms with E-state index < -0.39 is 28.0 Å². The second-order valence-corrected chi connectivity index (χ2v) is 9.62. The smallest absolute Gasteiger partial charge is 0.322 e. The number of nitrogens with one attached hydrogen (secondary N) is 1. The molecule has 0 saturated carbocycles. The highest BCUT2D eigenvalue weighted by molar-refractivity contribution is 7.89. The van der Waals surface area contributed by atoms with Crippen LogP contribution < -0.4 is 4.72 Å². The Kier molecular flexibility index (Phi) is 5.10. The van der Waals surface area contributed by atoms with Crippen LogP contribution >= 0.6 is 0 Å². The van der Waals surface area contributed by atoms with Crippen molar-refractivity contribution in [2.24, 2.45) is 5.92 Å². The molecule has 2 heterocycles. The van der Waals surface area contributed by atoms with Crippen LogP contribution in [0.1, 0.15) is 25.2 Å². The van der Waals surface area contributed by atoms with Crippen molar-refractivity contribution in [1.29, 1.82) is 0 Å². The van der Waals surface area contributed by atoms with Gasteiger partial charge in [0.15, 0.2) is 0 Å². The first-order valence-electron chi connectivity index (χ1n) is 9.81. The molecule has 8 nitrogen and oxygen atoms in total. The summed E-state index contributed by atoms with van der Waals surface area (Å²) >= 11 is 0. The zero-order valence-electron chi connectivity index (χ0n) is 17.6. The third-order valence-corrected chi connectivity index (χ3v) is 6.92. The largest absolute Gasteiger partial charge is 0.480 e. The van der Waals surface area contributed by atoms with E-state index in [1.165, 1.54) is 12.1 Å². The van der Waals surface area contributed by atoms with Gasteiger partial charge < -0.3 is 14.1 Å². The summed E-state index contributed by atoms with van der Waals surface area (Å²) in [6, 6.07) is 9.06. The Balaban J connectivity index is 1.77. The molecule has 0 fully saturated rings. The average molecular weight is 442 g/mol. The molecule has 0 amide bonds. The monoisotopic (exact) mass is 441 g/mol. The molecule has 2 aromatic heterocycles. The van der Waals surface area contributed by atoms with E-state index in [4.69, 9.17) is 4.42 Å². The molecule has 0 bridgehead atoms. The van der Waals surface area contributed by atoms with Gasteiger partial charge in [0.25, 0.3) is 0 Å². The predicted molar refractivity (Wildman–Crippen MR) is 117 cm³/mol. The van der Waals surface area contributed by atoms with Gasteiger partial charge in [-0.05, 0) is 50.1 Å². The van der Waals surface area contributed by atoms with E-state index in [2.05, 4.69) is 9.71 Å². The van der Waals surface area contributed by atoms with Crippen molar-refractivity contribution in [2.45, 2.75) is 38.6 Å². The minimum atomic E-state index is -4.04. The number of aromatic nitrogens is 2. The molecular weight excluding hydrogens is 418 g/mol. The fraction of sp³-hybridized carbons (Fsp3) is 0.273. The van der Waals surface area contributed by atoms with E-state index in [1.807, 2.05) is 36.6 Å². The molecular formula is C22H23N3O5S. The first kappa shape index (κ1) is 21.1. The summed E-state index contributed by atoms with van der Waals surface area (Å²) in [7, 11) is -4.04. The molecule has 4 aromatic rings. The highest BCUT2D eigenvalue weighted by atomic mass is 32.2. The number of benzene rings is 2. The molecule has 0 saturated heterocycles. The number of aliphatic carboxylic acids is 1. The number of imidazole rings is 1. The van der Waals surface area contributed by atoms with Crippen molar-refractivity contribution in [1.82, 2.24) is 14.3 Å². The number of hydrogen-bond donors (Lipinski definition) is 2. The van der Waals surface area contributed by atoms with Gasteiger partial charge in [-0.15, -0.1) is 0 Å². The van der Waals surface area contributed by atoms with Crippen LogP contribution in [0.2, 0.25) is 0 Å². The zero-order valence-corrected chi connectivity index (χ0v) is 18.4. The lowest BCUT2D eigenvalue weighted by molar-refractivity contribution is -0.140.